The average Bonchev–Trinajstić information content (AvgIpc) is 3.80. The number of fused-ring (bicyclic) bond motifs is 3. The van der Waals surface area contributed by atoms with Gasteiger partial charge < -0.3 is 24.6 Å². The molecule has 0 unspecified atom stereocenters. The summed E-state index contributed by atoms with van der Waals surface area (Å²) in [5, 5.41) is 1.14. The number of nitrogens with one attached hydrogen (secondary N) is 1. The molecule has 3 aliphatic rings. The molecule has 50 heavy (non-hydrogen) atoms. The van der Waals surface area contributed by atoms with Crippen molar-refractivity contribution in [2.24, 2.45) is 0 Å². The second-order valence-electron chi connectivity index (χ2n) is 13.9. The zero-order valence-electron chi connectivity index (χ0n) is 30.2. The number of nitrogens with zero attached hydrogens (tertiary/aromatic N) is 5. The van der Waals surface area contributed by atoms with Gasteiger partial charge in [0.15, 0.2) is 0 Å². The van der Waals surface area contributed by atoms with Crippen LogP contribution in [0, 0.1) is 0 Å². The van der Waals surface area contributed by atoms with E-state index in [0.717, 1.165) is 54.6 Å². The third-order valence-electron chi connectivity index (χ3n) is 9.83. The van der Waals surface area contributed by atoms with Crippen LogP contribution in [0.4, 0.5) is 11.4 Å². The molecule has 1 aromatic heterocycles. The molecule has 0 aliphatic carbocycles. The minimum absolute atomic E-state index is 0.0985. The van der Waals surface area contributed by atoms with Gasteiger partial charge in [0.05, 0.1) is 17.1 Å². The number of aromatic amines is 1. The van der Waals surface area contributed by atoms with Crippen molar-refractivity contribution in [3.05, 3.63) is 78.0 Å². The maximum atomic E-state index is 12.5. The molecule has 8 nitrogen and oxygen atoms in total. The molecule has 11 heteroatoms. The molecular weight excluding hydrogens is 681 g/mol. The van der Waals surface area contributed by atoms with E-state index in [1.807, 2.05) is 47.9 Å². The highest BCUT2D eigenvalue weighted by atomic mass is 32.2. The summed E-state index contributed by atoms with van der Waals surface area (Å²) in [5.41, 5.74) is 5.94. The molecule has 3 aliphatic heterocycles. The fraction of sp³-hybridized carbons (Fsp3) is 0.487. The number of para-hydroxylation sites is 1. The lowest BCUT2D eigenvalue weighted by Gasteiger charge is -2.35. The summed E-state index contributed by atoms with van der Waals surface area (Å²) in [5.74, 6) is 1.22. The van der Waals surface area contributed by atoms with Crippen LogP contribution in [0.3, 0.4) is 0 Å². The van der Waals surface area contributed by atoms with Crippen molar-refractivity contribution < 1.29 is 8.42 Å². The van der Waals surface area contributed by atoms with Gasteiger partial charge in [0.25, 0.3) is 0 Å². The van der Waals surface area contributed by atoms with E-state index in [-0.39, 0.29) is 5.75 Å². The zero-order chi connectivity index (χ0) is 35.1. The summed E-state index contributed by atoms with van der Waals surface area (Å²) in [6.07, 6.45) is 6.14. The Kier molecular flexibility index (Phi) is 12.9. The van der Waals surface area contributed by atoms with E-state index in [1.165, 1.54) is 70.8 Å². The zero-order valence-corrected chi connectivity index (χ0v) is 32.7. The van der Waals surface area contributed by atoms with Gasteiger partial charge in [-0.15, -0.1) is 11.8 Å². The van der Waals surface area contributed by atoms with Crippen LogP contribution in [0.5, 0.6) is 0 Å². The Labute approximate surface area is 308 Å². The van der Waals surface area contributed by atoms with E-state index in [4.69, 9.17) is 0 Å². The Balaban J connectivity index is 0.000000175. The number of aromatic nitrogens is 1. The molecule has 4 aromatic rings. The lowest BCUT2D eigenvalue weighted by molar-refractivity contribution is 0.153. The fourth-order valence-corrected chi connectivity index (χ4v) is 10.3. The average molecular weight is 735 g/mol. The molecule has 0 amide bonds. The van der Waals surface area contributed by atoms with Crippen molar-refractivity contribution >= 4 is 55.8 Å². The number of hydrogen-bond acceptors (Lipinski definition) is 8. The fourth-order valence-electron chi connectivity index (χ4n) is 6.96. The van der Waals surface area contributed by atoms with E-state index in [1.54, 1.807) is 4.31 Å². The molecule has 0 saturated carbocycles. The molecule has 7 rings (SSSR count). The highest BCUT2D eigenvalue weighted by Gasteiger charge is 2.26. The predicted octanol–water partition coefficient (Wildman–Crippen LogP) is 7.24. The SMILES string of the molecule is CCSc1ccc2c(c1)N(CCCN1CCN(C)CC1)c1ccccc1S2.CN(C)CCc1c[nH]c2ccc(CS(=O)(=O)N3CCCC3)cc12. The minimum Gasteiger partial charge on any atom is -0.361 e. The second-order valence-corrected chi connectivity index (χ2v) is 18.3. The van der Waals surface area contributed by atoms with E-state index in [9.17, 15) is 8.42 Å². The van der Waals surface area contributed by atoms with Crippen molar-refractivity contribution in [2.45, 2.75) is 53.0 Å². The Hall–Kier alpha value is -2.51. The largest absolute Gasteiger partial charge is 0.361 e. The molecule has 0 radical (unpaired) electrons. The number of likely N-dealkylation sites (N-methyl/N-ethyl adjacent to an activating group) is 2. The smallest absolute Gasteiger partial charge is 0.218 e. The van der Waals surface area contributed by atoms with Gasteiger partial charge in [0.2, 0.25) is 10.0 Å². The number of hydrogen-bond donors (Lipinski definition) is 1. The first-order valence-corrected chi connectivity index (χ1v) is 21.5. The number of rotatable bonds is 12. The molecule has 2 saturated heterocycles. The molecule has 0 atom stereocenters. The molecule has 270 valence electrons. The van der Waals surface area contributed by atoms with Crippen LogP contribution >= 0.6 is 23.5 Å². The first kappa shape index (κ1) is 37.3. The van der Waals surface area contributed by atoms with Gasteiger partial charge >= 0.3 is 0 Å². The van der Waals surface area contributed by atoms with Crippen LogP contribution < -0.4 is 4.90 Å². The molecule has 0 spiro atoms. The third kappa shape index (κ3) is 9.47. The standard InChI is InChI=1S/C22H29N3S2.C17H25N3O2S/c1-3-26-18-9-10-22-20(17-18)25(19-7-4-5-8-21(19)27-22)12-6-11-24-15-13-23(2)14-16-24;1-19(2)10-7-15-12-18-17-6-5-14(11-16(15)17)13-23(21,22)20-8-3-4-9-20/h4-5,7-10,17H,3,6,11-16H2,1-2H3;5-6,11-12,18H,3-4,7-10,13H2,1-2H3. The van der Waals surface area contributed by atoms with Crippen molar-refractivity contribution in [3.8, 4) is 0 Å². The maximum absolute atomic E-state index is 12.5. The summed E-state index contributed by atoms with van der Waals surface area (Å²) in [6, 6.07) is 21.8. The summed E-state index contributed by atoms with van der Waals surface area (Å²) in [6.45, 7) is 11.6. The topological polar surface area (TPSA) is 66.1 Å². The van der Waals surface area contributed by atoms with E-state index in [2.05, 4.69) is 95.1 Å². The van der Waals surface area contributed by atoms with E-state index in [0.29, 0.717) is 13.1 Å². The number of thioether (sulfide) groups is 1. The van der Waals surface area contributed by atoms with Gasteiger partial charge in [0.1, 0.15) is 0 Å². The molecule has 0 bridgehead atoms. The van der Waals surface area contributed by atoms with Gasteiger partial charge in [-0.3, -0.25) is 0 Å². The second kappa shape index (κ2) is 17.3. The molecule has 4 heterocycles. The number of benzene rings is 3. The number of H-pyrrole nitrogens is 1. The lowest BCUT2D eigenvalue weighted by atomic mass is 10.1. The molecular formula is C39H54N6O2S3. The van der Waals surface area contributed by atoms with Crippen molar-refractivity contribution in [2.75, 3.05) is 90.7 Å². The van der Waals surface area contributed by atoms with E-state index >= 15 is 0 Å². The van der Waals surface area contributed by atoms with Crippen molar-refractivity contribution in [3.63, 3.8) is 0 Å². The monoisotopic (exact) mass is 734 g/mol. The van der Waals surface area contributed by atoms with Gasteiger partial charge in [-0.25, -0.2) is 12.7 Å². The predicted molar refractivity (Wildman–Crippen MR) is 213 cm³/mol. The maximum Gasteiger partial charge on any atom is 0.218 e. The van der Waals surface area contributed by atoms with Gasteiger partial charge in [-0.05, 0) is 113 Å². The highest BCUT2D eigenvalue weighted by Crippen LogP contribution is 2.49. The van der Waals surface area contributed by atoms with Crippen molar-refractivity contribution in [1.82, 2.24) is 24.0 Å². The van der Waals surface area contributed by atoms with Gasteiger partial charge in [-0.2, -0.15) is 0 Å². The van der Waals surface area contributed by atoms with Crippen LogP contribution in [-0.4, -0.2) is 118 Å². The van der Waals surface area contributed by atoms with Crippen LogP contribution in [0.15, 0.2) is 81.5 Å². The Morgan fingerprint density at radius 2 is 1.64 bits per heavy atom. The summed E-state index contributed by atoms with van der Waals surface area (Å²) >= 11 is 3.84. The van der Waals surface area contributed by atoms with Gasteiger partial charge in [0, 0.05) is 84.1 Å². The summed E-state index contributed by atoms with van der Waals surface area (Å²) < 4.78 is 26.6. The summed E-state index contributed by atoms with van der Waals surface area (Å²) in [4.78, 5) is 17.2. The van der Waals surface area contributed by atoms with Crippen LogP contribution in [0.1, 0.15) is 37.3 Å². The molecule has 3 aromatic carbocycles. The number of sulfonamides is 1. The number of anilines is 2. The quantitative estimate of drug-likeness (QED) is 0.153. The van der Waals surface area contributed by atoms with E-state index < -0.39 is 10.0 Å². The normalized spacial score (nSPS) is 17.2. The Morgan fingerprint density at radius 3 is 2.40 bits per heavy atom. The van der Waals surface area contributed by atoms with Gasteiger partial charge in [-0.1, -0.05) is 36.9 Å². The van der Waals surface area contributed by atoms with Crippen LogP contribution in [0.25, 0.3) is 10.9 Å². The lowest BCUT2D eigenvalue weighted by Crippen LogP contribution is -2.45. The molecule has 2 fully saturated rings. The summed E-state index contributed by atoms with van der Waals surface area (Å²) in [7, 11) is 3.15. The Morgan fingerprint density at radius 1 is 0.880 bits per heavy atom. The minimum atomic E-state index is -3.19. The Bertz CT molecular complexity index is 1810. The van der Waals surface area contributed by atoms with Crippen molar-refractivity contribution in [1.29, 1.82) is 0 Å². The molecule has 1 N–H and O–H groups in total. The first-order chi connectivity index (χ1) is 24.2. The third-order valence-corrected chi connectivity index (χ3v) is 13.7. The highest BCUT2D eigenvalue weighted by molar-refractivity contribution is 8.00. The first-order valence-electron chi connectivity index (χ1n) is 18.1. The number of piperazine rings is 1. The van der Waals surface area contributed by atoms with Crippen LogP contribution in [0.2, 0.25) is 0 Å². The van der Waals surface area contributed by atoms with Crippen LogP contribution in [-0.2, 0) is 22.2 Å².